The molecule has 1 saturated carbocycles. The smallest absolute Gasteiger partial charge is 0.165 e. The van der Waals surface area contributed by atoms with Crippen molar-refractivity contribution in [1.29, 1.82) is 0 Å². The van der Waals surface area contributed by atoms with Crippen LogP contribution in [0, 0.1) is 0 Å². The molecule has 1 aromatic rings. The third kappa shape index (κ3) is 0.761. The quantitative estimate of drug-likeness (QED) is 0.617. The molecular weight excluding hydrogens is 128 g/mol. The molecule has 10 heavy (non-hydrogen) atoms. The van der Waals surface area contributed by atoms with Gasteiger partial charge < -0.3 is 5.73 Å². The molecule has 0 aromatic carbocycles. The first-order chi connectivity index (χ1) is 4.86. The van der Waals surface area contributed by atoms with Gasteiger partial charge in [-0.05, 0) is 19.3 Å². The van der Waals surface area contributed by atoms with Crippen LogP contribution in [0.15, 0.2) is 6.20 Å². The van der Waals surface area contributed by atoms with E-state index in [-0.39, 0.29) is 0 Å². The van der Waals surface area contributed by atoms with Crippen LogP contribution in [-0.2, 0) is 0 Å². The van der Waals surface area contributed by atoms with E-state index in [4.69, 9.17) is 5.73 Å². The normalized spacial score (nSPS) is 18.8. The Morgan fingerprint density at radius 1 is 1.60 bits per heavy atom. The van der Waals surface area contributed by atoms with Gasteiger partial charge in [-0.1, -0.05) is 0 Å². The van der Waals surface area contributed by atoms with Crippen LogP contribution in [0.4, 0.5) is 5.82 Å². The lowest BCUT2D eigenvalue weighted by molar-refractivity contribution is 0.262. The highest BCUT2D eigenvalue weighted by molar-refractivity contribution is 5.19. The summed E-state index contributed by atoms with van der Waals surface area (Å²) in [5, 5.41) is 8.03. The molecule has 2 rings (SSSR count). The second-order valence-electron chi connectivity index (χ2n) is 2.67. The Hall–Kier alpha value is -1.06. The SMILES string of the molecule is Nc1cnn(C2CCC2)n1. The zero-order valence-corrected chi connectivity index (χ0v) is 5.70. The zero-order chi connectivity index (χ0) is 6.97. The number of rotatable bonds is 1. The van der Waals surface area contributed by atoms with Crippen molar-refractivity contribution in [3.63, 3.8) is 0 Å². The highest BCUT2D eigenvalue weighted by Gasteiger charge is 2.20. The average molecular weight is 138 g/mol. The van der Waals surface area contributed by atoms with E-state index in [1.807, 2.05) is 0 Å². The Balaban J connectivity index is 2.17. The first-order valence-corrected chi connectivity index (χ1v) is 3.53. The standard InChI is InChI=1S/C6H10N4/c7-6-4-8-10(9-6)5-2-1-3-5/h4-5H,1-3H2,(H2,7,9). The minimum atomic E-state index is 0.520. The van der Waals surface area contributed by atoms with Crippen molar-refractivity contribution in [1.82, 2.24) is 15.0 Å². The number of hydrogen-bond donors (Lipinski definition) is 1. The summed E-state index contributed by atoms with van der Waals surface area (Å²) in [5.41, 5.74) is 5.40. The first kappa shape index (κ1) is 5.70. The van der Waals surface area contributed by atoms with Gasteiger partial charge in [-0.3, -0.25) is 0 Å². The van der Waals surface area contributed by atoms with Gasteiger partial charge in [-0.25, -0.2) is 0 Å². The zero-order valence-electron chi connectivity index (χ0n) is 5.70. The molecule has 4 nitrogen and oxygen atoms in total. The number of nitrogen functional groups attached to an aromatic ring is 1. The van der Waals surface area contributed by atoms with Gasteiger partial charge in [0.1, 0.15) is 0 Å². The van der Waals surface area contributed by atoms with Crippen LogP contribution >= 0.6 is 0 Å². The molecule has 0 bridgehead atoms. The fourth-order valence-corrected chi connectivity index (χ4v) is 1.08. The van der Waals surface area contributed by atoms with E-state index in [2.05, 4.69) is 10.2 Å². The van der Waals surface area contributed by atoms with E-state index in [0.717, 1.165) is 0 Å². The average Bonchev–Trinajstić information content (AvgIpc) is 2.10. The third-order valence-corrected chi connectivity index (χ3v) is 1.93. The van der Waals surface area contributed by atoms with Crippen molar-refractivity contribution >= 4 is 5.82 Å². The van der Waals surface area contributed by atoms with E-state index in [1.54, 1.807) is 11.0 Å². The van der Waals surface area contributed by atoms with Crippen molar-refractivity contribution in [3.05, 3.63) is 6.20 Å². The van der Waals surface area contributed by atoms with E-state index in [9.17, 15) is 0 Å². The van der Waals surface area contributed by atoms with Crippen LogP contribution in [-0.4, -0.2) is 15.0 Å². The molecule has 0 atom stereocenters. The van der Waals surface area contributed by atoms with Crippen LogP contribution in [0.3, 0.4) is 0 Å². The lowest BCUT2D eigenvalue weighted by atomic mass is 9.94. The molecule has 1 aliphatic carbocycles. The number of anilines is 1. The summed E-state index contributed by atoms with van der Waals surface area (Å²) in [6.07, 6.45) is 5.30. The van der Waals surface area contributed by atoms with Crippen molar-refractivity contribution in [3.8, 4) is 0 Å². The van der Waals surface area contributed by atoms with Crippen molar-refractivity contribution in [2.45, 2.75) is 25.3 Å². The van der Waals surface area contributed by atoms with Crippen LogP contribution in [0.25, 0.3) is 0 Å². The molecule has 2 N–H and O–H groups in total. The summed E-state index contributed by atoms with van der Waals surface area (Å²) in [7, 11) is 0. The van der Waals surface area contributed by atoms with E-state index in [0.29, 0.717) is 11.9 Å². The second kappa shape index (κ2) is 1.97. The topological polar surface area (TPSA) is 56.7 Å². The van der Waals surface area contributed by atoms with Crippen molar-refractivity contribution in [2.24, 2.45) is 0 Å². The highest BCUT2D eigenvalue weighted by atomic mass is 15.5. The van der Waals surface area contributed by atoms with Gasteiger partial charge in [-0.2, -0.15) is 9.90 Å². The number of nitrogens with two attached hydrogens (primary N) is 1. The maximum absolute atomic E-state index is 5.40. The Labute approximate surface area is 59.0 Å². The molecule has 0 unspecified atom stereocenters. The lowest BCUT2D eigenvalue weighted by Crippen LogP contribution is -2.19. The highest BCUT2D eigenvalue weighted by Crippen LogP contribution is 2.29. The molecule has 0 radical (unpaired) electrons. The Morgan fingerprint density at radius 3 is 2.80 bits per heavy atom. The number of nitrogens with zero attached hydrogens (tertiary/aromatic N) is 3. The van der Waals surface area contributed by atoms with Gasteiger partial charge in [0.2, 0.25) is 0 Å². The summed E-state index contributed by atoms with van der Waals surface area (Å²) in [6, 6.07) is 0.525. The molecular formula is C6H10N4. The fraction of sp³-hybridized carbons (Fsp3) is 0.667. The summed E-state index contributed by atoms with van der Waals surface area (Å²) in [6.45, 7) is 0. The predicted octanol–water partition coefficient (Wildman–Crippen LogP) is 0.585. The predicted molar refractivity (Wildman–Crippen MR) is 37.3 cm³/mol. The van der Waals surface area contributed by atoms with Crippen molar-refractivity contribution in [2.75, 3.05) is 5.73 Å². The van der Waals surface area contributed by atoms with Crippen LogP contribution < -0.4 is 5.73 Å². The van der Waals surface area contributed by atoms with Gasteiger partial charge in [0.05, 0.1) is 12.2 Å². The van der Waals surface area contributed by atoms with Gasteiger partial charge in [-0.15, -0.1) is 5.10 Å². The Kier molecular flexibility index (Phi) is 1.12. The molecule has 54 valence electrons. The third-order valence-electron chi connectivity index (χ3n) is 1.93. The van der Waals surface area contributed by atoms with Gasteiger partial charge in [0.15, 0.2) is 5.82 Å². The molecule has 1 aromatic heterocycles. The maximum atomic E-state index is 5.40. The molecule has 1 aliphatic rings. The summed E-state index contributed by atoms with van der Waals surface area (Å²) < 4.78 is 0. The largest absolute Gasteiger partial charge is 0.381 e. The van der Waals surface area contributed by atoms with Gasteiger partial charge in [0.25, 0.3) is 0 Å². The molecule has 1 fully saturated rings. The summed E-state index contributed by atoms with van der Waals surface area (Å²) in [4.78, 5) is 1.72. The first-order valence-electron chi connectivity index (χ1n) is 3.53. The van der Waals surface area contributed by atoms with Crippen LogP contribution in [0.5, 0.6) is 0 Å². The molecule has 0 saturated heterocycles. The van der Waals surface area contributed by atoms with E-state index in [1.165, 1.54) is 19.3 Å². The van der Waals surface area contributed by atoms with E-state index >= 15 is 0 Å². The lowest BCUT2D eigenvalue weighted by Gasteiger charge is -2.23. The molecule has 0 amide bonds. The summed E-state index contributed by atoms with van der Waals surface area (Å²) in [5.74, 6) is 0.520. The molecule has 0 spiro atoms. The minimum absolute atomic E-state index is 0.520. The summed E-state index contributed by atoms with van der Waals surface area (Å²) >= 11 is 0. The van der Waals surface area contributed by atoms with Crippen molar-refractivity contribution < 1.29 is 0 Å². The number of aromatic nitrogens is 3. The Morgan fingerprint density at radius 2 is 2.40 bits per heavy atom. The second-order valence-corrected chi connectivity index (χ2v) is 2.67. The number of hydrogen-bond acceptors (Lipinski definition) is 3. The fourth-order valence-electron chi connectivity index (χ4n) is 1.08. The van der Waals surface area contributed by atoms with Crippen LogP contribution in [0.1, 0.15) is 25.3 Å². The monoisotopic (exact) mass is 138 g/mol. The van der Waals surface area contributed by atoms with Gasteiger partial charge >= 0.3 is 0 Å². The molecule has 0 aliphatic heterocycles. The maximum Gasteiger partial charge on any atom is 0.165 e. The van der Waals surface area contributed by atoms with Gasteiger partial charge in [0, 0.05) is 0 Å². The molecule has 4 heteroatoms. The van der Waals surface area contributed by atoms with E-state index < -0.39 is 0 Å². The van der Waals surface area contributed by atoms with Crippen LogP contribution in [0.2, 0.25) is 0 Å². The molecule has 1 heterocycles. The Bertz CT molecular complexity index is 225. The minimum Gasteiger partial charge on any atom is -0.381 e.